The van der Waals surface area contributed by atoms with Crippen molar-refractivity contribution in [1.82, 2.24) is 0 Å². The topological polar surface area (TPSA) is 26.0 Å². The van der Waals surface area contributed by atoms with Crippen molar-refractivity contribution in [3.8, 4) is 0 Å². The van der Waals surface area contributed by atoms with Crippen molar-refractivity contribution in [3.63, 3.8) is 0 Å². The lowest BCUT2D eigenvalue weighted by Gasteiger charge is -2.05. The van der Waals surface area contributed by atoms with Gasteiger partial charge in [-0.2, -0.15) is 11.5 Å². The first-order valence-electron chi connectivity index (χ1n) is 3.41. The average molecular weight is 189 g/mol. The van der Waals surface area contributed by atoms with Crippen LogP contribution in [0.1, 0.15) is 0 Å². The number of rotatable bonds is 1. The van der Waals surface area contributed by atoms with Gasteiger partial charge in [0.1, 0.15) is 11.6 Å². The first-order valence-corrected chi connectivity index (χ1v) is 3.85. The van der Waals surface area contributed by atoms with Crippen molar-refractivity contribution in [3.05, 3.63) is 23.8 Å². The van der Waals surface area contributed by atoms with Crippen molar-refractivity contribution in [1.29, 1.82) is 0 Å². The molecule has 0 radical (unpaired) electrons. The van der Waals surface area contributed by atoms with Crippen LogP contribution < -0.4 is 11.2 Å². The zero-order valence-electron chi connectivity index (χ0n) is 6.44. The summed E-state index contributed by atoms with van der Waals surface area (Å²) in [6, 6.07) is 2.28. The minimum Gasteiger partial charge on any atom is -0.396 e. The van der Waals surface area contributed by atoms with Crippen molar-refractivity contribution in [2.45, 2.75) is 6.82 Å². The van der Waals surface area contributed by atoms with Crippen LogP contribution in [-0.4, -0.2) is 6.13 Å². The molecule has 0 aliphatic carbocycles. The van der Waals surface area contributed by atoms with Gasteiger partial charge in [0.2, 0.25) is 0 Å². The lowest BCUT2D eigenvalue weighted by molar-refractivity contribution is 0.600. The van der Waals surface area contributed by atoms with Crippen LogP contribution in [0.25, 0.3) is 0 Å². The molecule has 1 rings (SSSR count). The van der Waals surface area contributed by atoms with E-state index in [0.29, 0.717) is 0 Å². The van der Waals surface area contributed by atoms with E-state index in [9.17, 15) is 8.78 Å². The second-order valence-electron chi connectivity index (χ2n) is 2.48. The second-order valence-corrected chi connectivity index (χ2v) is 3.13. The molecular weight excluding hydrogens is 182 g/mol. The van der Waals surface area contributed by atoms with Gasteiger partial charge < -0.3 is 5.73 Å². The molecule has 0 saturated heterocycles. The molecule has 0 fully saturated rings. The van der Waals surface area contributed by atoms with Crippen LogP contribution in [-0.2, 0) is 0 Å². The number of benzene rings is 1. The summed E-state index contributed by atoms with van der Waals surface area (Å²) in [6.45, 7) is 1.49. The van der Waals surface area contributed by atoms with Crippen LogP contribution in [0.5, 0.6) is 0 Å². The predicted molar refractivity (Wildman–Crippen MR) is 47.9 cm³/mol. The van der Waals surface area contributed by atoms with Crippen molar-refractivity contribution < 1.29 is 8.78 Å². The Hall–Kier alpha value is -0.765. The summed E-state index contributed by atoms with van der Waals surface area (Å²) in [5.41, 5.74) is 4.97. The van der Waals surface area contributed by atoms with Gasteiger partial charge in [0.25, 0.3) is 6.13 Å². The van der Waals surface area contributed by atoms with Crippen molar-refractivity contribution >= 4 is 28.7 Å². The fourth-order valence-corrected chi connectivity index (χ4v) is 1.15. The normalized spacial score (nSPS) is 10.0. The molecule has 2 N–H and O–H groups in total. The summed E-state index contributed by atoms with van der Waals surface area (Å²) in [5.74, 6) is -1.43. The summed E-state index contributed by atoms with van der Waals surface area (Å²) in [7, 11) is 0. The Morgan fingerprint density at radius 1 is 1.42 bits per heavy atom. The van der Waals surface area contributed by atoms with E-state index in [2.05, 4.69) is 0 Å². The molecule has 1 aromatic carbocycles. The molecule has 0 unspecified atom stereocenters. The number of hydrogen-bond donors (Lipinski definition) is 1. The SMILES string of the molecule is CB(Cl)c1c(F)ccc(N)c1F. The van der Waals surface area contributed by atoms with Crippen LogP contribution >= 0.6 is 11.5 Å². The fraction of sp³-hybridized carbons (Fsp3) is 0.143. The van der Waals surface area contributed by atoms with Gasteiger partial charge in [0, 0.05) is 5.46 Å². The molecule has 0 bridgehead atoms. The molecule has 0 spiro atoms. The molecule has 0 aromatic heterocycles. The van der Waals surface area contributed by atoms with Crippen LogP contribution in [0.4, 0.5) is 14.5 Å². The smallest absolute Gasteiger partial charge is 0.286 e. The minimum atomic E-state index is -0.766. The van der Waals surface area contributed by atoms with E-state index < -0.39 is 17.8 Å². The lowest BCUT2D eigenvalue weighted by atomic mass is 9.70. The monoisotopic (exact) mass is 189 g/mol. The molecule has 0 aliphatic heterocycles. The molecular formula is C7H7BClF2N. The van der Waals surface area contributed by atoms with Crippen LogP contribution in [0.3, 0.4) is 0 Å². The Morgan fingerprint density at radius 2 is 2.00 bits per heavy atom. The highest BCUT2D eigenvalue weighted by Crippen LogP contribution is 2.11. The predicted octanol–water partition coefficient (Wildman–Crippen LogP) is 1.61. The zero-order chi connectivity index (χ0) is 9.30. The highest BCUT2D eigenvalue weighted by Gasteiger charge is 2.18. The zero-order valence-corrected chi connectivity index (χ0v) is 7.20. The van der Waals surface area contributed by atoms with E-state index in [1.54, 1.807) is 0 Å². The Balaban J connectivity index is 3.33. The van der Waals surface area contributed by atoms with Gasteiger partial charge in [-0.3, -0.25) is 0 Å². The van der Waals surface area contributed by atoms with Crippen LogP contribution in [0.15, 0.2) is 12.1 Å². The van der Waals surface area contributed by atoms with E-state index in [-0.39, 0.29) is 11.2 Å². The van der Waals surface area contributed by atoms with Gasteiger partial charge in [-0.25, -0.2) is 8.78 Å². The molecule has 1 aromatic rings. The average Bonchev–Trinajstić information content (AvgIpc) is 1.97. The Bertz CT molecular complexity index is 304. The third-order valence-electron chi connectivity index (χ3n) is 1.55. The standard InChI is InChI=1S/C7H7BClF2N/c1-8(9)6-4(10)2-3-5(12)7(6)11/h2-3H,12H2,1H3. The van der Waals surface area contributed by atoms with E-state index >= 15 is 0 Å². The molecule has 5 heteroatoms. The first kappa shape index (κ1) is 9.32. The van der Waals surface area contributed by atoms with Gasteiger partial charge in [0.15, 0.2) is 0 Å². The van der Waals surface area contributed by atoms with Crippen molar-refractivity contribution in [2.75, 3.05) is 5.73 Å². The third-order valence-corrected chi connectivity index (χ3v) is 1.77. The molecule has 0 heterocycles. The number of nitrogen functional groups attached to an aromatic ring is 1. The molecule has 12 heavy (non-hydrogen) atoms. The highest BCUT2D eigenvalue weighted by molar-refractivity contribution is 7.13. The maximum atomic E-state index is 13.1. The number of halogens is 3. The van der Waals surface area contributed by atoms with E-state index in [4.69, 9.17) is 17.2 Å². The Labute approximate surface area is 74.5 Å². The highest BCUT2D eigenvalue weighted by atomic mass is 35.5. The summed E-state index contributed by atoms with van der Waals surface area (Å²) in [6.07, 6.45) is -0.714. The molecule has 0 saturated carbocycles. The molecule has 1 nitrogen and oxygen atoms in total. The largest absolute Gasteiger partial charge is 0.396 e. The van der Waals surface area contributed by atoms with Gasteiger partial charge in [-0.05, 0) is 12.1 Å². The van der Waals surface area contributed by atoms with Gasteiger partial charge in [-0.1, -0.05) is 6.82 Å². The molecule has 0 atom stereocenters. The summed E-state index contributed by atoms with van der Waals surface area (Å²) in [5, 5.41) is 0. The van der Waals surface area contributed by atoms with Crippen molar-refractivity contribution in [2.24, 2.45) is 0 Å². The third kappa shape index (κ3) is 1.53. The Kier molecular flexibility index (Phi) is 2.57. The lowest BCUT2D eigenvalue weighted by Crippen LogP contribution is -2.28. The molecule has 0 amide bonds. The Morgan fingerprint density at radius 3 is 2.42 bits per heavy atom. The summed E-state index contributed by atoms with van der Waals surface area (Å²) >= 11 is 5.55. The van der Waals surface area contributed by atoms with E-state index in [1.807, 2.05) is 0 Å². The fourth-order valence-electron chi connectivity index (χ4n) is 0.951. The summed E-state index contributed by atoms with van der Waals surface area (Å²) in [4.78, 5) is 0. The minimum absolute atomic E-state index is 0.0844. The van der Waals surface area contributed by atoms with E-state index in [0.717, 1.165) is 6.07 Å². The van der Waals surface area contributed by atoms with Crippen LogP contribution in [0, 0.1) is 11.6 Å². The quantitative estimate of drug-likeness (QED) is 0.527. The maximum absolute atomic E-state index is 13.1. The van der Waals surface area contributed by atoms with E-state index in [1.165, 1.54) is 12.9 Å². The maximum Gasteiger partial charge on any atom is 0.286 e. The number of anilines is 1. The number of nitrogens with two attached hydrogens (primary N) is 1. The van der Waals surface area contributed by atoms with Gasteiger partial charge in [0.05, 0.1) is 5.69 Å². The van der Waals surface area contributed by atoms with Gasteiger partial charge in [-0.15, -0.1) is 0 Å². The summed E-state index contributed by atoms with van der Waals surface area (Å²) < 4.78 is 26.0. The van der Waals surface area contributed by atoms with Crippen LogP contribution in [0.2, 0.25) is 6.82 Å². The second kappa shape index (κ2) is 3.31. The molecule has 0 aliphatic rings. The number of hydrogen-bond acceptors (Lipinski definition) is 1. The molecule has 64 valence electrons. The van der Waals surface area contributed by atoms with Gasteiger partial charge >= 0.3 is 0 Å². The first-order chi connectivity index (χ1) is 5.54.